The van der Waals surface area contributed by atoms with E-state index in [0.29, 0.717) is 10.0 Å². The van der Waals surface area contributed by atoms with E-state index in [-0.39, 0.29) is 15.5 Å². The first-order chi connectivity index (χ1) is 9.71. The Kier molecular flexibility index (Phi) is 4.72. The van der Waals surface area contributed by atoms with Crippen LogP contribution in [0.1, 0.15) is 17.2 Å². The standard InChI is InChI=1S/C14H11BrClFO3S/c1-21(19,20)9-4-2-8(3-5-9)14(18)10-6-7-11(15)12(16)13(10)17/h2-7,14,18H,1H3. The van der Waals surface area contributed by atoms with Crippen LogP contribution >= 0.6 is 27.5 Å². The van der Waals surface area contributed by atoms with Crippen molar-refractivity contribution in [2.45, 2.75) is 11.0 Å². The van der Waals surface area contributed by atoms with Crippen LogP contribution in [0.15, 0.2) is 45.8 Å². The predicted octanol–water partition coefficient (Wildman–Crippen LogP) is 3.73. The van der Waals surface area contributed by atoms with E-state index >= 15 is 0 Å². The Morgan fingerprint density at radius 1 is 1.19 bits per heavy atom. The van der Waals surface area contributed by atoms with E-state index in [1.54, 1.807) is 0 Å². The van der Waals surface area contributed by atoms with Gasteiger partial charge in [-0.2, -0.15) is 0 Å². The van der Waals surface area contributed by atoms with Crippen LogP contribution in [0.25, 0.3) is 0 Å². The van der Waals surface area contributed by atoms with Gasteiger partial charge in [0.1, 0.15) is 11.9 Å². The van der Waals surface area contributed by atoms with Crippen molar-refractivity contribution in [1.29, 1.82) is 0 Å². The van der Waals surface area contributed by atoms with Gasteiger partial charge in [0, 0.05) is 16.3 Å². The van der Waals surface area contributed by atoms with Gasteiger partial charge in [-0.15, -0.1) is 0 Å². The second-order valence-corrected chi connectivity index (χ2v) is 7.76. The van der Waals surface area contributed by atoms with Gasteiger partial charge in [-0.1, -0.05) is 29.8 Å². The summed E-state index contributed by atoms with van der Waals surface area (Å²) < 4.78 is 37.2. The molecular weight excluding hydrogens is 383 g/mol. The fraction of sp³-hybridized carbons (Fsp3) is 0.143. The number of hydrogen-bond donors (Lipinski definition) is 1. The van der Waals surface area contributed by atoms with Gasteiger partial charge in [0.15, 0.2) is 9.84 Å². The van der Waals surface area contributed by atoms with Crippen LogP contribution in [0.3, 0.4) is 0 Å². The fourth-order valence-electron chi connectivity index (χ4n) is 1.83. The molecule has 2 rings (SSSR count). The highest BCUT2D eigenvalue weighted by molar-refractivity contribution is 9.10. The molecule has 1 N–H and O–H groups in total. The molecule has 0 bridgehead atoms. The molecule has 112 valence electrons. The summed E-state index contributed by atoms with van der Waals surface area (Å²) in [5, 5.41) is 10.1. The molecule has 1 atom stereocenters. The summed E-state index contributed by atoms with van der Waals surface area (Å²) in [6, 6.07) is 8.57. The first-order valence-corrected chi connectivity index (χ1v) is 8.89. The summed E-state index contributed by atoms with van der Waals surface area (Å²) in [5.74, 6) is -0.717. The maximum atomic E-state index is 14.0. The molecule has 0 heterocycles. The summed E-state index contributed by atoms with van der Waals surface area (Å²) in [4.78, 5) is 0.132. The Morgan fingerprint density at radius 2 is 1.76 bits per heavy atom. The van der Waals surface area contributed by atoms with E-state index in [4.69, 9.17) is 11.6 Å². The molecule has 2 aromatic carbocycles. The van der Waals surface area contributed by atoms with Crippen molar-refractivity contribution in [2.24, 2.45) is 0 Å². The fourth-order valence-corrected chi connectivity index (χ4v) is 2.94. The molecule has 0 aliphatic carbocycles. The molecule has 0 saturated carbocycles. The van der Waals surface area contributed by atoms with Crippen LogP contribution < -0.4 is 0 Å². The Balaban J connectivity index is 2.41. The van der Waals surface area contributed by atoms with Crippen LogP contribution in [-0.2, 0) is 9.84 Å². The number of halogens is 3. The zero-order chi connectivity index (χ0) is 15.8. The van der Waals surface area contributed by atoms with E-state index in [2.05, 4.69) is 15.9 Å². The molecule has 7 heteroatoms. The topological polar surface area (TPSA) is 54.4 Å². The lowest BCUT2D eigenvalue weighted by atomic mass is 10.0. The minimum absolute atomic E-state index is 0.0234. The van der Waals surface area contributed by atoms with Crippen LogP contribution in [0.2, 0.25) is 5.02 Å². The lowest BCUT2D eigenvalue weighted by Crippen LogP contribution is -2.04. The van der Waals surface area contributed by atoms with Crippen LogP contribution in [-0.4, -0.2) is 19.8 Å². The maximum absolute atomic E-state index is 14.0. The molecule has 0 aliphatic rings. The number of rotatable bonds is 3. The first-order valence-electron chi connectivity index (χ1n) is 5.83. The highest BCUT2D eigenvalue weighted by Gasteiger charge is 2.19. The average molecular weight is 394 g/mol. The normalized spacial score (nSPS) is 13.2. The Bertz CT molecular complexity index is 776. The molecule has 0 amide bonds. The van der Waals surface area contributed by atoms with Crippen molar-refractivity contribution in [2.75, 3.05) is 6.26 Å². The SMILES string of the molecule is CS(=O)(=O)c1ccc(C(O)c2ccc(Br)c(Cl)c2F)cc1. The van der Waals surface area contributed by atoms with Gasteiger partial charge in [0.2, 0.25) is 0 Å². The van der Waals surface area contributed by atoms with Crippen molar-refractivity contribution < 1.29 is 17.9 Å². The summed E-state index contributed by atoms with van der Waals surface area (Å²) in [7, 11) is -3.31. The van der Waals surface area contributed by atoms with E-state index in [9.17, 15) is 17.9 Å². The van der Waals surface area contributed by atoms with Gasteiger partial charge in [-0.05, 0) is 39.7 Å². The monoisotopic (exact) mass is 392 g/mol. The Morgan fingerprint density at radius 3 is 2.29 bits per heavy atom. The Hall–Kier alpha value is -0.950. The van der Waals surface area contributed by atoms with Gasteiger partial charge >= 0.3 is 0 Å². The van der Waals surface area contributed by atoms with E-state index in [1.165, 1.54) is 36.4 Å². The number of benzene rings is 2. The molecule has 0 fully saturated rings. The third-order valence-corrected chi connectivity index (χ3v) is 5.37. The van der Waals surface area contributed by atoms with Gasteiger partial charge in [0.05, 0.1) is 9.92 Å². The summed E-state index contributed by atoms with van der Waals surface area (Å²) in [6.45, 7) is 0. The minimum Gasteiger partial charge on any atom is -0.384 e. The maximum Gasteiger partial charge on any atom is 0.175 e. The first kappa shape index (κ1) is 16.4. The number of sulfone groups is 1. The summed E-state index contributed by atoms with van der Waals surface area (Å²) in [6.07, 6.45) is -0.142. The van der Waals surface area contributed by atoms with E-state index in [0.717, 1.165) is 6.26 Å². The van der Waals surface area contributed by atoms with Gasteiger partial charge in [0.25, 0.3) is 0 Å². The summed E-state index contributed by atoms with van der Waals surface area (Å²) in [5.41, 5.74) is 0.398. The summed E-state index contributed by atoms with van der Waals surface area (Å²) >= 11 is 8.88. The molecule has 21 heavy (non-hydrogen) atoms. The Labute approximate surface area is 135 Å². The average Bonchev–Trinajstić information content (AvgIpc) is 2.43. The van der Waals surface area contributed by atoms with Gasteiger partial charge < -0.3 is 5.11 Å². The predicted molar refractivity (Wildman–Crippen MR) is 82.7 cm³/mol. The second kappa shape index (κ2) is 6.04. The second-order valence-electron chi connectivity index (χ2n) is 4.51. The smallest absolute Gasteiger partial charge is 0.175 e. The molecule has 0 aliphatic heterocycles. The van der Waals surface area contributed by atoms with Crippen molar-refractivity contribution >= 4 is 37.4 Å². The largest absolute Gasteiger partial charge is 0.384 e. The van der Waals surface area contributed by atoms with Crippen molar-refractivity contribution in [3.05, 3.63) is 62.8 Å². The lowest BCUT2D eigenvalue weighted by molar-refractivity contribution is 0.215. The lowest BCUT2D eigenvalue weighted by Gasteiger charge is -2.14. The minimum atomic E-state index is -3.31. The molecule has 1 unspecified atom stereocenters. The van der Waals surface area contributed by atoms with Crippen LogP contribution in [0, 0.1) is 5.82 Å². The third-order valence-electron chi connectivity index (χ3n) is 2.98. The van der Waals surface area contributed by atoms with Crippen LogP contribution in [0.4, 0.5) is 4.39 Å². The highest BCUT2D eigenvalue weighted by atomic mass is 79.9. The number of hydrogen-bond acceptors (Lipinski definition) is 3. The molecule has 0 radical (unpaired) electrons. The molecule has 2 aromatic rings. The molecular formula is C14H11BrClFO3S. The van der Waals surface area contributed by atoms with Crippen molar-refractivity contribution in [3.8, 4) is 0 Å². The number of aliphatic hydroxyl groups excluding tert-OH is 1. The van der Waals surface area contributed by atoms with Gasteiger partial charge in [-0.25, -0.2) is 12.8 Å². The van der Waals surface area contributed by atoms with Crippen molar-refractivity contribution in [3.63, 3.8) is 0 Å². The number of aliphatic hydroxyl groups is 1. The molecule has 0 aromatic heterocycles. The zero-order valence-electron chi connectivity index (χ0n) is 10.8. The quantitative estimate of drug-likeness (QED) is 0.809. The van der Waals surface area contributed by atoms with E-state index in [1.807, 2.05) is 0 Å². The third kappa shape index (κ3) is 3.45. The zero-order valence-corrected chi connectivity index (χ0v) is 14.0. The molecule has 3 nitrogen and oxygen atoms in total. The van der Waals surface area contributed by atoms with E-state index < -0.39 is 21.8 Å². The van der Waals surface area contributed by atoms with Crippen molar-refractivity contribution in [1.82, 2.24) is 0 Å². The van der Waals surface area contributed by atoms with Crippen LogP contribution in [0.5, 0.6) is 0 Å². The highest BCUT2D eigenvalue weighted by Crippen LogP contribution is 2.33. The van der Waals surface area contributed by atoms with Gasteiger partial charge in [-0.3, -0.25) is 0 Å². The molecule has 0 saturated heterocycles. The molecule has 0 spiro atoms.